The van der Waals surface area contributed by atoms with Gasteiger partial charge >= 0.3 is 26.2 Å². The minimum Gasteiger partial charge on any atom is -1.00 e. The maximum Gasteiger partial charge on any atom is 3.00 e. The van der Waals surface area contributed by atoms with Crippen LogP contribution in [0.25, 0.3) is 10.8 Å². The summed E-state index contributed by atoms with van der Waals surface area (Å²) in [7, 11) is 0. The van der Waals surface area contributed by atoms with Gasteiger partial charge in [0.1, 0.15) is 0 Å². The zero-order valence-corrected chi connectivity index (χ0v) is 16.9. The van der Waals surface area contributed by atoms with Crippen LogP contribution < -0.4 is 24.8 Å². The predicted octanol–water partition coefficient (Wildman–Crippen LogP) is -0.627. The van der Waals surface area contributed by atoms with Crippen molar-refractivity contribution in [3.05, 3.63) is 41.0 Å². The molecular weight excluding hydrogens is 366 g/mol. The molecule has 0 spiro atoms. The Morgan fingerprint density at radius 1 is 0.950 bits per heavy atom. The summed E-state index contributed by atoms with van der Waals surface area (Å²) < 4.78 is 0. The van der Waals surface area contributed by atoms with Gasteiger partial charge < -0.3 is 24.8 Å². The normalized spacial score (nSPS) is 10.2. The summed E-state index contributed by atoms with van der Waals surface area (Å²) in [6.45, 7) is 11.4. The summed E-state index contributed by atoms with van der Waals surface area (Å²) in [6, 6.07) is 9.49. The Bertz CT molecular complexity index is 527. The number of halogens is 2. The van der Waals surface area contributed by atoms with Crippen LogP contribution in [0.4, 0.5) is 0 Å². The van der Waals surface area contributed by atoms with Gasteiger partial charge in [-0.1, -0.05) is 51.8 Å². The van der Waals surface area contributed by atoms with E-state index in [1.165, 1.54) is 27.5 Å². The van der Waals surface area contributed by atoms with E-state index in [0.29, 0.717) is 11.8 Å². The second-order valence-electron chi connectivity index (χ2n) is 5.64. The topological polar surface area (TPSA) is 0 Å². The fourth-order valence-corrected chi connectivity index (χ4v) is 2.45. The third kappa shape index (κ3) is 4.65. The van der Waals surface area contributed by atoms with E-state index in [4.69, 9.17) is 0 Å². The summed E-state index contributed by atoms with van der Waals surface area (Å²) in [5, 5.41) is 2.89. The molecule has 0 nitrogen and oxygen atoms in total. The van der Waals surface area contributed by atoms with E-state index in [2.05, 4.69) is 58.9 Å². The molecule has 0 heterocycles. The van der Waals surface area contributed by atoms with Gasteiger partial charge in [0.25, 0.3) is 0 Å². The van der Waals surface area contributed by atoms with Crippen LogP contribution >= 0.6 is 0 Å². The first-order valence-corrected chi connectivity index (χ1v) is 6.76. The number of fused-ring (bicyclic) bond motifs is 1. The number of hydrogen-bond acceptors (Lipinski definition) is 0. The minimum absolute atomic E-state index is 0. The van der Waals surface area contributed by atoms with Gasteiger partial charge in [0, 0.05) is 0 Å². The van der Waals surface area contributed by atoms with E-state index in [9.17, 15) is 0 Å². The maximum absolute atomic E-state index is 2.40. The van der Waals surface area contributed by atoms with Gasteiger partial charge in [-0.25, -0.2) is 0 Å². The summed E-state index contributed by atoms with van der Waals surface area (Å²) >= 11 is 0. The van der Waals surface area contributed by atoms with E-state index < -0.39 is 0 Å². The van der Waals surface area contributed by atoms with Crippen molar-refractivity contribution in [3.8, 4) is 0 Å². The smallest absolute Gasteiger partial charge is 1.00 e. The van der Waals surface area contributed by atoms with Crippen LogP contribution in [-0.2, 0) is 32.6 Å². The summed E-state index contributed by atoms with van der Waals surface area (Å²) in [6.07, 6.45) is 1.13. The summed E-state index contributed by atoms with van der Waals surface area (Å²) in [5.41, 5.74) is 4.43. The molecule has 0 aliphatic rings. The van der Waals surface area contributed by atoms with Gasteiger partial charge in [-0.2, -0.15) is 6.07 Å². The van der Waals surface area contributed by atoms with E-state index in [1.54, 1.807) is 0 Å². The predicted molar refractivity (Wildman–Crippen MR) is 77.1 cm³/mol. The molecule has 0 aliphatic carbocycles. The maximum atomic E-state index is 2.40. The average Bonchev–Trinajstić information content (AvgIpc) is 2.69. The first-order chi connectivity index (χ1) is 8.02. The van der Waals surface area contributed by atoms with Gasteiger partial charge in [-0.15, -0.1) is 28.5 Å². The van der Waals surface area contributed by atoms with Gasteiger partial charge in [-0.05, 0) is 18.3 Å². The molecule has 0 fully saturated rings. The van der Waals surface area contributed by atoms with Gasteiger partial charge in [0.05, 0.1) is 0 Å². The third-order valence-electron chi connectivity index (χ3n) is 3.63. The van der Waals surface area contributed by atoms with Crippen LogP contribution in [-0.4, -0.2) is 0 Å². The Morgan fingerprint density at radius 3 is 2.00 bits per heavy atom. The second-order valence-corrected chi connectivity index (χ2v) is 5.64. The standard InChI is InChI=1S/C17H23.2ClH.Zr/c1-6-13-7-15-9-14(11(2)3)10-16(12(4)5)17(15)8-13;;;/h7-12H,6H2,1-5H3;2*1H;/q-1;;;+3/p-2. The molecule has 0 bridgehead atoms. The van der Waals surface area contributed by atoms with E-state index in [-0.39, 0.29) is 51.0 Å². The molecule has 20 heavy (non-hydrogen) atoms. The minimum atomic E-state index is 0. The van der Waals surface area contributed by atoms with Gasteiger partial charge in [0.2, 0.25) is 0 Å². The molecule has 0 aliphatic heterocycles. The molecule has 109 valence electrons. The van der Waals surface area contributed by atoms with Crippen molar-refractivity contribution in [2.24, 2.45) is 0 Å². The number of rotatable bonds is 3. The van der Waals surface area contributed by atoms with Crippen molar-refractivity contribution < 1.29 is 51.0 Å². The molecule has 2 rings (SSSR count). The molecule has 2 aromatic carbocycles. The van der Waals surface area contributed by atoms with Crippen LogP contribution in [0.15, 0.2) is 24.3 Å². The van der Waals surface area contributed by atoms with Crippen LogP contribution in [0.5, 0.6) is 0 Å². The van der Waals surface area contributed by atoms with Crippen molar-refractivity contribution in [2.45, 2.75) is 52.9 Å². The molecule has 0 unspecified atom stereocenters. The van der Waals surface area contributed by atoms with E-state index >= 15 is 0 Å². The zero-order chi connectivity index (χ0) is 12.6. The molecule has 3 heteroatoms. The summed E-state index contributed by atoms with van der Waals surface area (Å²) in [4.78, 5) is 0. The molecule has 0 N–H and O–H groups in total. The number of aryl methyl sites for hydroxylation is 1. The Labute approximate surface area is 155 Å². The molecule has 0 aromatic heterocycles. The molecule has 2 aromatic rings. The van der Waals surface area contributed by atoms with Crippen LogP contribution in [0.2, 0.25) is 0 Å². The molecule has 0 amide bonds. The Balaban J connectivity index is 0. The third-order valence-corrected chi connectivity index (χ3v) is 3.63. The first-order valence-electron chi connectivity index (χ1n) is 6.76. The average molecular weight is 390 g/mol. The largest absolute Gasteiger partial charge is 3.00 e. The molecule has 0 atom stereocenters. The van der Waals surface area contributed by atoms with Crippen LogP contribution in [0.1, 0.15) is 63.1 Å². The van der Waals surface area contributed by atoms with Crippen molar-refractivity contribution in [3.63, 3.8) is 0 Å². The number of hydrogen-bond donors (Lipinski definition) is 0. The van der Waals surface area contributed by atoms with Gasteiger partial charge in [-0.3, -0.25) is 0 Å². The van der Waals surface area contributed by atoms with Crippen LogP contribution in [0.3, 0.4) is 0 Å². The van der Waals surface area contributed by atoms with Gasteiger partial charge in [0.15, 0.2) is 0 Å². The SMILES string of the molecule is CCc1cc2c(C(C)C)cc(C(C)C)cc2[cH-]1.[Cl-].[Cl-].[Zr+3]. The second kappa shape index (κ2) is 9.34. The molecule has 0 saturated carbocycles. The fraction of sp³-hybridized carbons (Fsp3) is 0.471. The van der Waals surface area contributed by atoms with Crippen molar-refractivity contribution in [2.75, 3.05) is 0 Å². The molecular formula is C17H23Cl2Zr. The first kappa shape index (κ1) is 22.6. The van der Waals surface area contributed by atoms with Crippen molar-refractivity contribution in [1.82, 2.24) is 0 Å². The van der Waals surface area contributed by atoms with Crippen molar-refractivity contribution >= 4 is 10.8 Å². The van der Waals surface area contributed by atoms with E-state index in [1.807, 2.05) is 0 Å². The Morgan fingerprint density at radius 2 is 1.55 bits per heavy atom. The zero-order valence-electron chi connectivity index (χ0n) is 12.9. The summed E-state index contributed by atoms with van der Waals surface area (Å²) in [5.74, 6) is 1.21. The number of benzene rings is 1. The van der Waals surface area contributed by atoms with E-state index in [0.717, 1.165) is 6.42 Å². The molecule has 1 radical (unpaired) electrons. The van der Waals surface area contributed by atoms with Crippen LogP contribution in [0, 0.1) is 0 Å². The monoisotopic (exact) mass is 387 g/mol. The Hall–Kier alpha value is 0.293. The fourth-order valence-electron chi connectivity index (χ4n) is 2.45. The van der Waals surface area contributed by atoms with Crippen molar-refractivity contribution in [1.29, 1.82) is 0 Å². The molecule has 0 saturated heterocycles. The Kier molecular flexibility index (Phi) is 10.5. The quantitative estimate of drug-likeness (QED) is 0.614.